The number of aliphatic hydroxyl groups is 7. The molecule has 0 aromatic carbocycles. The number of aliphatic carboxylic acids is 1. The van der Waals surface area contributed by atoms with Crippen molar-refractivity contribution in [2.24, 2.45) is 0 Å². The molecule has 15 heteroatoms. The molecule has 0 aromatic rings. The van der Waals surface area contributed by atoms with E-state index in [-0.39, 0.29) is 0 Å². The summed E-state index contributed by atoms with van der Waals surface area (Å²) < 4.78 is 25.9. The fourth-order valence-electron chi connectivity index (χ4n) is 3.32. The van der Waals surface area contributed by atoms with Crippen LogP contribution < -0.4 is 0 Å². The minimum atomic E-state index is -1.90. The number of aliphatic hydroxyl groups excluding tert-OH is 7. The second-order valence-electron chi connectivity index (χ2n) is 7.24. The highest BCUT2D eigenvalue weighted by molar-refractivity contribution is 5.71. The highest BCUT2D eigenvalue weighted by Crippen LogP contribution is 2.31. The van der Waals surface area contributed by atoms with Gasteiger partial charge >= 0.3 is 11.9 Å². The van der Waals surface area contributed by atoms with Crippen molar-refractivity contribution in [2.45, 2.75) is 74.4 Å². The van der Waals surface area contributed by atoms with Crippen LogP contribution in [0, 0.1) is 0 Å². The fraction of sp³-hybridized carbons (Fsp3) is 0.882. The molecule has 2 rings (SSSR count). The Hall–Kier alpha value is -1.50. The third kappa shape index (κ3) is 5.89. The topological polar surface area (TPSA) is 242 Å². The van der Waals surface area contributed by atoms with Gasteiger partial charge in [-0.1, -0.05) is 0 Å². The number of hydrogen-bond acceptors (Lipinski definition) is 14. The van der Waals surface area contributed by atoms with Crippen molar-refractivity contribution in [1.29, 1.82) is 0 Å². The predicted octanol–water partition coefficient (Wildman–Crippen LogP) is -5.36. The van der Waals surface area contributed by atoms with Crippen molar-refractivity contribution in [1.82, 2.24) is 0 Å². The normalized spacial score (nSPS) is 41.1. The van der Waals surface area contributed by atoms with E-state index in [1.54, 1.807) is 0 Å². The van der Waals surface area contributed by atoms with Gasteiger partial charge in [0.1, 0.15) is 49.3 Å². The van der Waals surface area contributed by atoms with Crippen molar-refractivity contribution in [2.75, 3.05) is 19.8 Å². The van der Waals surface area contributed by atoms with E-state index in [9.17, 15) is 40.2 Å². The molecule has 2 heterocycles. The first kappa shape index (κ1) is 26.7. The second-order valence-corrected chi connectivity index (χ2v) is 7.24. The highest BCUT2D eigenvalue weighted by atomic mass is 16.7. The molecule has 11 atom stereocenters. The van der Waals surface area contributed by atoms with Crippen molar-refractivity contribution >= 4 is 11.9 Å². The van der Waals surface area contributed by atoms with Gasteiger partial charge in [-0.25, -0.2) is 9.59 Å². The van der Waals surface area contributed by atoms with Gasteiger partial charge < -0.3 is 64.5 Å². The van der Waals surface area contributed by atoms with E-state index in [1.165, 1.54) is 0 Å². The molecule has 0 radical (unpaired) electrons. The molecule has 8 N–H and O–H groups in total. The van der Waals surface area contributed by atoms with Crippen LogP contribution in [0.4, 0.5) is 0 Å². The third-order valence-corrected chi connectivity index (χ3v) is 5.03. The lowest BCUT2D eigenvalue weighted by Gasteiger charge is -2.46. The molecular weight excluding hydrogens is 444 g/mol. The highest BCUT2D eigenvalue weighted by Gasteiger charge is 2.52. The molecule has 1 unspecified atom stereocenters. The molecule has 32 heavy (non-hydrogen) atoms. The summed E-state index contributed by atoms with van der Waals surface area (Å²) in [5.41, 5.74) is 0. The number of ether oxygens (including phenoxy) is 5. The van der Waals surface area contributed by atoms with Crippen LogP contribution in [-0.2, 0) is 33.3 Å². The zero-order valence-electron chi connectivity index (χ0n) is 16.9. The van der Waals surface area contributed by atoms with Crippen LogP contribution in [0.25, 0.3) is 0 Å². The molecule has 0 spiro atoms. The van der Waals surface area contributed by atoms with Crippen molar-refractivity contribution in [3.63, 3.8) is 0 Å². The molecule has 0 amide bonds. The maximum atomic E-state index is 11.6. The average Bonchev–Trinajstić information content (AvgIpc) is 2.76. The third-order valence-electron chi connectivity index (χ3n) is 5.03. The first-order chi connectivity index (χ1) is 15.0. The predicted molar refractivity (Wildman–Crippen MR) is 95.5 cm³/mol. The number of esters is 1. The molecule has 0 aromatic heterocycles. The van der Waals surface area contributed by atoms with Crippen LogP contribution in [0.3, 0.4) is 0 Å². The van der Waals surface area contributed by atoms with Gasteiger partial charge in [0, 0.05) is 0 Å². The van der Waals surface area contributed by atoms with Crippen LogP contribution in [0.5, 0.6) is 0 Å². The lowest BCUT2D eigenvalue weighted by Crippen LogP contribution is -2.65. The molecule has 2 aliphatic rings. The lowest BCUT2D eigenvalue weighted by molar-refractivity contribution is -0.359. The van der Waals surface area contributed by atoms with E-state index < -0.39 is 99.3 Å². The summed E-state index contributed by atoms with van der Waals surface area (Å²) in [6, 6.07) is 0. The van der Waals surface area contributed by atoms with Crippen molar-refractivity contribution < 1.29 is 74.1 Å². The van der Waals surface area contributed by atoms with E-state index in [0.717, 1.165) is 6.92 Å². The summed E-state index contributed by atoms with van der Waals surface area (Å²) in [7, 11) is 0. The Morgan fingerprint density at radius 3 is 2.03 bits per heavy atom. The minimum absolute atomic E-state index is 0.788. The number of hydrogen-bond donors (Lipinski definition) is 8. The monoisotopic (exact) mass is 472 g/mol. The van der Waals surface area contributed by atoms with Crippen molar-refractivity contribution in [3.8, 4) is 0 Å². The van der Waals surface area contributed by atoms with E-state index in [4.69, 9.17) is 33.9 Å². The lowest BCUT2D eigenvalue weighted by atomic mass is 9.96. The first-order valence-corrected chi connectivity index (χ1v) is 9.64. The van der Waals surface area contributed by atoms with Crippen LogP contribution in [0.2, 0.25) is 0 Å². The van der Waals surface area contributed by atoms with Gasteiger partial charge in [0.2, 0.25) is 0 Å². The maximum Gasteiger partial charge on any atom is 0.332 e. The fourth-order valence-corrected chi connectivity index (χ4v) is 3.32. The minimum Gasteiger partial charge on any atom is -0.479 e. The summed E-state index contributed by atoms with van der Waals surface area (Å²) in [4.78, 5) is 22.7. The maximum absolute atomic E-state index is 11.6. The van der Waals surface area contributed by atoms with E-state index in [1.807, 2.05) is 0 Å². The smallest absolute Gasteiger partial charge is 0.332 e. The Morgan fingerprint density at radius 1 is 0.875 bits per heavy atom. The zero-order chi connectivity index (χ0) is 24.2. The molecule has 0 aliphatic carbocycles. The Kier molecular flexibility index (Phi) is 9.68. The molecule has 0 saturated carbocycles. The number of carboxylic acids is 1. The van der Waals surface area contributed by atoms with E-state index in [0.29, 0.717) is 0 Å². The summed E-state index contributed by atoms with van der Waals surface area (Å²) in [6.45, 7) is -1.54. The Labute approximate surface area is 181 Å². The zero-order valence-corrected chi connectivity index (χ0v) is 16.9. The van der Waals surface area contributed by atoms with Crippen LogP contribution in [0.15, 0.2) is 0 Å². The van der Waals surface area contributed by atoms with E-state index in [2.05, 4.69) is 0 Å². The molecule has 15 nitrogen and oxygen atoms in total. The number of carboxylic acid groups (broad SMARTS) is 1. The summed E-state index contributed by atoms with van der Waals surface area (Å²) in [5.74, 6) is -2.61. The van der Waals surface area contributed by atoms with Gasteiger partial charge in [0.15, 0.2) is 24.8 Å². The largest absolute Gasteiger partial charge is 0.479 e. The van der Waals surface area contributed by atoms with Crippen LogP contribution in [-0.4, -0.2) is 140 Å². The Morgan fingerprint density at radius 2 is 1.50 bits per heavy atom. The first-order valence-electron chi connectivity index (χ1n) is 9.64. The van der Waals surface area contributed by atoms with Gasteiger partial charge in [-0.15, -0.1) is 0 Å². The molecule has 2 fully saturated rings. The van der Waals surface area contributed by atoms with Crippen LogP contribution >= 0.6 is 0 Å². The molecular formula is C17H28O15. The quantitative estimate of drug-likeness (QED) is 0.146. The van der Waals surface area contributed by atoms with Gasteiger partial charge in [0.05, 0.1) is 13.2 Å². The number of carbonyl (C=O) groups is 2. The summed E-state index contributed by atoms with van der Waals surface area (Å²) in [6.07, 6.45) is -18.3. The average molecular weight is 472 g/mol. The van der Waals surface area contributed by atoms with Gasteiger partial charge in [-0.2, -0.15) is 0 Å². The number of carbonyl (C=O) groups excluding carboxylic acids is 1. The van der Waals surface area contributed by atoms with Gasteiger partial charge in [-0.3, -0.25) is 0 Å². The van der Waals surface area contributed by atoms with Gasteiger partial charge in [0.25, 0.3) is 0 Å². The Bertz CT molecular complexity index is 631. The van der Waals surface area contributed by atoms with Gasteiger partial charge in [-0.05, 0) is 6.92 Å². The van der Waals surface area contributed by atoms with Crippen LogP contribution in [0.1, 0.15) is 6.92 Å². The molecule has 0 bridgehead atoms. The van der Waals surface area contributed by atoms with Crippen molar-refractivity contribution in [3.05, 3.63) is 0 Å². The summed E-state index contributed by atoms with van der Waals surface area (Å²) >= 11 is 0. The standard InChI is InChI=1S/C17H28O15/c1-5(15(25)26)28-13-9(22)6(2-18)30-17(11(13)24)32-12-7(3-19)29-16(27)10(23)14(12)31-8(21)4-20/h5-7,9-14,16-20,22-24,27H,2-4H2,1H3,(H,25,26)/t5-,6-,7-,9+,10-,11-,12-,13+,14-,16?,17+/m1/s1. The second kappa shape index (κ2) is 11.6. The Balaban J connectivity index is 2.29. The summed E-state index contributed by atoms with van der Waals surface area (Å²) in [5, 5.41) is 77.9. The van der Waals surface area contributed by atoms with E-state index >= 15 is 0 Å². The molecule has 186 valence electrons. The molecule has 2 aliphatic heterocycles. The molecule has 2 saturated heterocycles. The SMILES string of the molecule is C[C@@H](O[C@H]1[C@@H](O)[C@@H](CO)O[C@@H](O[C@H]2[C@H](OC(=O)CO)[C@@H](O)C(O)O[C@@H]2CO)[C@@H]1O)C(=O)O. The number of rotatable bonds is 9.